The van der Waals surface area contributed by atoms with E-state index < -0.39 is 9.84 Å². The van der Waals surface area contributed by atoms with Crippen molar-refractivity contribution in [2.75, 3.05) is 25.1 Å². The number of nitrogens with zero attached hydrogens (tertiary/aromatic N) is 1. The summed E-state index contributed by atoms with van der Waals surface area (Å²) in [4.78, 5) is 4.71. The summed E-state index contributed by atoms with van der Waals surface area (Å²) in [5.74, 6) is 1.75. The Morgan fingerprint density at radius 3 is 2.34 bits per heavy atom. The molecule has 29 heavy (non-hydrogen) atoms. The Labute approximate surface area is 177 Å². The van der Waals surface area contributed by atoms with Crippen LogP contribution in [-0.2, 0) is 16.4 Å². The van der Waals surface area contributed by atoms with Crippen LogP contribution >= 0.6 is 0 Å². The van der Waals surface area contributed by atoms with Gasteiger partial charge in [0.25, 0.3) is 0 Å². The number of benzene rings is 1. The topological polar surface area (TPSA) is 79.8 Å². The Bertz CT molecular complexity index is 794. The molecule has 0 aliphatic carbocycles. The molecule has 0 saturated heterocycles. The molecule has 0 aliphatic rings. The van der Waals surface area contributed by atoms with E-state index in [0.717, 1.165) is 23.4 Å². The largest absolute Gasteiger partial charge is 0.488 e. The van der Waals surface area contributed by atoms with E-state index in [4.69, 9.17) is 9.73 Å². The highest BCUT2D eigenvalue weighted by Gasteiger charge is 2.21. The molecule has 0 bridgehead atoms. The molecular weight excluding hydrogens is 386 g/mol. The molecule has 1 aromatic carbocycles. The third-order valence-electron chi connectivity index (χ3n) is 4.27. The van der Waals surface area contributed by atoms with Gasteiger partial charge in [-0.3, -0.25) is 0 Å². The molecule has 0 aliphatic heterocycles. The second-order valence-electron chi connectivity index (χ2n) is 9.42. The zero-order valence-electron chi connectivity index (χ0n) is 19.3. The van der Waals surface area contributed by atoms with Crippen LogP contribution in [0.5, 0.6) is 5.75 Å². The number of nitrogens with one attached hydrogen (secondary N) is 2. The van der Waals surface area contributed by atoms with E-state index in [0.29, 0.717) is 25.5 Å². The zero-order chi connectivity index (χ0) is 22.3. The Kier molecular flexibility index (Phi) is 9.00. The molecule has 6 nitrogen and oxygen atoms in total. The van der Waals surface area contributed by atoms with Gasteiger partial charge in [-0.1, -0.05) is 26.0 Å². The third-order valence-corrected chi connectivity index (χ3v) is 5.22. The minimum atomic E-state index is -2.96. The van der Waals surface area contributed by atoms with Crippen LogP contribution in [0.15, 0.2) is 23.2 Å². The highest BCUT2D eigenvalue weighted by Crippen LogP contribution is 2.25. The van der Waals surface area contributed by atoms with Crippen LogP contribution in [0.2, 0.25) is 0 Å². The van der Waals surface area contributed by atoms with E-state index in [1.54, 1.807) is 0 Å². The molecule has 1 aromatic rings. The van der Waals surface area contributed by atoms with Gasteiger partial charge in [-0.25, -0.2) is 13.4 Å². The van der Waals surface area contributed by atoms with Crippen LogP contribution in [-0.4, -0.2) is 45.1 Å². The van der Waals surface area contributed by atoms with Gasteiger partial charge in [0.05, 0.1) is 12.3 Å². The molecule has 0 unspecified atom stereocenters. The highest BCUT2D eigenvalue weighted by atomic mass is 32.2. The molecule has 0 fully saturated rings. The average molecular weight is 426 g/mol. The SMILES string of the molecule is CCNC(=NCc1ccc(C)cc1OC(C)(C)C)NCC(C)(C)CCS(C)(=O)=O. The first-order valence-corrected chi connectivity index (χ1v) is 12.3. The van der Waals surface area contributed by atoms with Crippen molar-refractivity contribution in [3.63, 3.8) is 0 Å². The maximum Gasteiger partial charge on any atom is 0.191 e. The molecule has 0 aromatic heterocycles. The predicted molar refractivity (Wildman–Crippen MR) is 122 cm³/mol. The molecule has 0 amide bonds. The molecule has 0 spiro atoms. The van der Waals surface area contributed by atoms with Crippen LogP contribution in [0.25, 0.3) is 0 Å². The van der Waals surface area contributed by atoms with Crippen molar-refractivity contribution in [3.8, 4) is 5.75 Å². The van der Waals surface area contributed by atoms with Crippen LogP contribution in [0.4, 0.5) is 0 Å². The summed E-state index contributed by atoms with van der Waals surface area (Å²) in [6.07, 6.45) is 1.88. The molecule has 7 heteroatoms. The van der Waals surface area contributed by atoms with E-state index >= 15 is 0 Å². The summed E-state index contributed by atoms with van der Waals surface area (Å²) >= 11 is 0. The number of hydrogen-bond donors (Lipinski definition) is 2. The molecule has 2 N–H and O–H groups in total. The van der Waals surface area contributed by atoms with Crippen LogP contribution < -0.4 is 15.4 Å². The van der Waals surface area contributed by atoms with Crippen molar-refractivity contribution < 1.29 is 13.2 Å². The monoisotopic (exact) mass is 425 g/mol. The summed E-state index contributed by atoms with van der Waals surface area (Å²) in [5.41, 5.74) is 1.73. The van der Waals surface area contributed by atoms with Gasteiger partial charge in [0.1, 0.15) is 21.2 Å². The smallest absolute Gasteiger partial charge is 0.191 e. The van der Waals surface area contributed by atoms with E-state index in [9.17, 15) is 8.42 Å². The van der Waals surface area contributed by atoms with Gasteiger partial charge in [0, 0.05) is 24.9 Å². The lowest BCUT2D eigenvalue weighted by Crippen LogP contribution is -2.42. The number of ether oxygens (including phenoxy) is 1. The van der Waals surface area contributed by atoms with Crippen LogP contribution in [0.1, 0.15) is 59.1 Å². The quantitative estimate of drug-likeness (QED) is 0.466. The summed E-state index contributed by atoms with van der Waals surface area (Å²) < 4.78 is 29.0. The van der Waals surface area contributed by atoms with Gasteiger partial charge in [-0.15, -0.1) is 0 Å². The van der Waals surface area contributed by atoms with Crippen LogP contribution in [0.3, 0.4) is 0 Å². The minimum absolute atomic E-state index is 0.163. The molecule has 166 valence electrons. The first-order valence-electron chi connectivity index (χ1n) is 10.2. The van der Waals surface area contributed by atoms with Gasteiger partial charge in [0.15, 0.2) is 5.96 Å². The normalized spacial score (nSPS) is 13.3. The standard InChI is InChI=1S/C22H39N3O3S/c1-9-23-20(25-16-22(6,7)12-13-29(8,26)27)24-15-18-11-10-17(2)14-19(18)28-21(3,4)5/h10-11,14H,9,12-13,15-16H2,1-8H3,(H2,23,24,25). The van der Waals surface area contributed by atoms with Gasteiger partial charge < -0.3 is 15.4 Å². The molecule has 0 radical (unpaired) electrons. The highest BCUT2D eigenvalue weighted by molar-refractivity contribution is 7.90. The summed E-state index contributed by atoms with van der Waals surface area (Å²) in [5, 5.41) is 6.61. The first kappa shape index (κ1) is 25.3. The summed E-state index contributed by atoms with van der Waals surface area (Å²) in [7, 11) is -2.96. The number of aliphatic imine (C=N–C) groups is 1. The average Bonchev–Trinajstić information content (AvgIpc) is 2.55. The zero-order valence-corrected chi connectivity index (χ0v) is 20.2. The maximum absolute atomic E-state index is 11.5. The number of sulfone groups is 1. The molecule has 0 heterocycles. The second-order valence-corrected chi connectivity index (χ2v) is 11.7. The molecule has 0 saturated carbocycles. The number of hydrogen-bond acceptors (Lipinski definition) is 4. The Morgan fingerprint density at radius 2 is 1.79 bits per heavy atom. The summed E-state index contributed by atoms with van der Waals surface area (Å²) in [6, 6.07) is 6.17. The van der Waals surface area contributed by atoms with Gasteiger partial charge in [-0.05, 0) is 58.1 Å². The fourth-order valence-electron chi connectivity index (χ4n) is 2.60. The lowest BCUT2D eigenvalue weighted by atomic mass is 9.90. The third kappa shape index (κ3) is 11.1. The Morgan fingerprint density at radius 1 is 1.14 bits per heavy atom. The van der Waals surface area contributed by atoms with Crippen molar-refractivity contribution in [1.29, 1.82) is 0 Å². The van der Waals surface area contributed by atoms with E-state index in [1.807, 2.05) is 40.7 Å². The molecular formula is C22H39N3O3S. The Hall–Kier alpha value is -1.76. The summed E-state index contributed by atoms with van der Waals surface area (Å²) in [6.45, 7) is 16.2. The van der Waals surface area contributed by atoms with Crippen molar-refractivity contribution in [3.05, 3.63) is 29.3 Å². The number of rotatable bonds is 9. The molecule has 0 atom stereocenters. The molecule has 1 rings (SSSR count). The van der Waals surface area contributed by atoms with E-state index in [2.05, 4.69) is 36.6 Å². The van der Waals surface area contributed by atoms with Crippen molar-refractivity contribution in [2.24, 2.45) is 10.4 Å². The predicted octanol–water partition coefficient (Wildman–Crippen LogP) is 3.69. The van der Waals surface area contributed by atoms with Crippen molar-refractivity contribution in [2.45, 2.75) is 67.0 Å². The fraction of sp³-hybridized carbons (Fsp3) is 0.682. The lowest BCUT2D eigenvalue weighted by Gasteiger charge is -2.26. The van der Waals surface area contributed by atoms with E-state index in [-0.39, 0.29) is 16.8 Å². The van der Waals surface area contributed by atoms with Crippen molar-refractivity contribution >= 4 is 15.8 Å². The second kappa shape index (κ2) is 10.3. The number of guanidine groups is 1. The van der Waals surface area contributed by atoms with Gasteiger partial charge >= 0.3 is 0 Å². The lowest BCUT2D eigenvalue weighted by molar-refractivity contribution is 0.129. The minimum Gasteiger partial charge on any atom is -0.488 e. The van der Waals surface area contributed by atoms with Gasteiger partial charge in [0.2, 0.25) is 0 Å². The van der Waals surface area contributed by atoms with Crippen molar-refractivity contribution in [1.82, 2.24) is 10.6 Å². The number of aryl methyl sites for hydroxylation is 1. The first-order chi connectivity index (χ1) is 13.2. The van der Waals surface area contributed by atoms with Gasteiger partial charge in [-0.2, -0.15) is 0 Å². The van der Waals surface area contributed by atoms with Crippen LogP contribution in [0, 0.1) is 12.3 Å². The fourth-order valence-corrected chi connectivity index (χ4v) is 3.52. The van der Waals surface area contributed by atoms with E-state index in [1.165, 1.54) is 6.26 Å². The Balaban J connectivity index is 2.87. The maximum atomic E-state index is 11.5.